The molecule has 0 saturated carbocycles. The second-order valence-corrected chi connectivity index (χ2v) is 6.54. The van der Waals surface area contributed by atoms with Crippen molar-refractivity contribution in [1.29, 1.82) is 0 Å². The number of nitrogens with two attached hydrogens (primary N) is 2. The first-order valence-electron chi connectivity index (χ1n) is 7.39. The fourth-order valence-electron chi connectivity index (χ4n) is 2.03. The third-order valence-corrected chi connectivity index (χ3v) is 4.12. The second kappa shape index (κ2) is 8.84. The van der Waals surface area contributed by atoms with Gasteiger partial charge in [-0.15, -0.1) is 0 Å². The summed E-state index contributed by atoms with van der Waals surface area (Å²) in [5.41, 5.74) is 13.6. The Morgan fingerprint density at radius 1 is 1.04 bits per heavy atom. The topological polar surface area (TPSA) is 95.4 Å². The highest BCUT2D eigenvalue weighted by Gasteiger charge is 2.16. The third kappa shape index (κ3) is 5.65. The quantitative estimate of drug-likeness (QED) is 0.507. The Morgan fingerprint density at radius 2 is 1.58 bits per heavy atom. The van der Waals surface area contributed by atoms with Gasteiger partial charge in [0, 0.05) is 9.99 Å². The van der Waals surface area contributed by atoms with Crippen molar-refractivity contribution < 1.29 is 14.2 Å². The summed E-state index contributed by atoms with van der Waals surface area (Å²) < 4.78 is 6.22. The molecule has 0 saturated heterocycles. The summed E-state index contributed by atoms with van der Waals surface area (Å²) in [4.78, 5) is 22.4. The Labute approximate surface area is 155 Å². The summed E-state index contributed by atoms with van der Waals surface area (Å²) in [6, 6.07) is 15.0. The van der Waals surface area contributed by atoms with Crippen molar-refractivity contribution in [3.8, 4) is 11.1 Å². The minimum atomic E-state index is -0.861. The normalized spacial score (nSPS) is 11.6. The average Bonchev–Trinajstić information content (AvgIpc) is 2.58. The van der Waals surface area contributed by atoms with Crippen LogP contribution in [-0.4, -0.2) is 25.4 Å². The minimum Gasteiger partial charge on any atom is -0.532 e. The van der Waals surface area contributed by atoms with Gasteiger partial charge in [-0.3, -0.25) is 9.59 Å². The van der Waals surface area contributed by atoms with Gasteiger partial charge in [0.05, 0.1) is 0 Å². The molecule has 0 spiro atoms. The molecule has 0 aliphatic carbocycles. The van der Waals surface area contributed by atoms with E-state index in [9.17, 15) is 9.59 Å². The molecule has 1 unspecified atom stereocenters. The van der Waals surface area contributed by atoms with Gasteiger partial charge in [-0.2, -0.15) is 0 Å². The Hall–Kier alpha value is -1.87. The number of rotatable bonds is 7. The van der Waals surface area contributed by atoms with Crippen LogP contribution in [0.4, 0.5) is 0 Å². The summed E-state index contributed by atoms with van der Waals surface area (Å²) in [6.07, 6.45) is 0.231. The van der Waals surface area contributed by atoms with E-state index in [-0.39, 0.29) is 12.8 Å². The molecular weight excluding hydrogens is 418 g/mol. The van der Waals surface area contributed by atoms with Crippen molar-refractivity contribution in [3.05, 3.63) is 52.1 Å². The van der Waals surface area contributed by atoms with Gasteiger partial charge in [0.25, 0.3) is 0 Å². The lowest BCUT2D eigenvalue weighted by Crippen LogP contribution is -2.36. The van der Waals surface area contributed by atoms with Crippen LogP contribution in [0.15, 0.2) is 48.5 Å². The molecular formula is C17H17BIN2O3. The van der Waals surface area contributed by atoms with E-state index in [0.29, 0.717) is 0 Å². The van der Waals surface area contributed by atoms with E-state index in [4.69, 9.17) is 16.1 Å². The maximum Gasteiger partial charge on any atom is 0.412 e. The highest BCUT2D eigenvalue weighted by Crippen LogP contribution is 2.19. The van der Waals surface area contributed by atoms with Crippen LogP contribution in [0.5, 0.6) is 0 Å². The average molecular weight is 435 g/mol. The second-order valence-electron chi connectivity index (χ2n) is 5.30. The maximum atomic E-state index is 11.7. The van der Waals surface area contributed by atoms with Gasteiger partial charge in [0.2, 0.25) is 5.91 Å². The Morgan fingerprint density at radius 3 is 2.12 bits per heavy atom. The SMILES string of the molecule is NC(=O)CCC(N)C(=O)O[B]c1ccc(-c2ccc(I)cc2)cc1. The van der Waals surface area contributed by atoms with E-state index in [1.165, 1.54) is 11.1 Å². The number of carbonyl (C=O) groups is 2. The maximum absolute atomic E-state index is 11.7. The van der Waals surface area contributed by atoms with Gasteiger partial charge >= 0.3 is 13.5 Å². The molecule has 0 fully saturated rings. The summed E-state index contributed by atoms with van der Waals surface area (Å²) in [7, 11) is 1.35. The van der Waals surface area contributed by atoms with E-state index < -0.39 is 17.9 Å². The molecule has 1 atom stereocenters. The highest BCUT2D eigenvalue weighted by atomic mass is 127. The van der Waals surface area contributed by atoms with Gasteiger partial charge in [-0.1, -0.05) is 36.4 Å². The molecule has 0 bridgehead atoms. The van der Waals surface area contributed by atoms with Gasteiger partial charge < -0.3 is 16.1 Å². The molecule has 0 aliphatic rings. The van der Waals surface area contributed by atoms with Gasteiger partial charge in [0.1, 0.15) is 6.04 Å². The molecule has 0 aromatic heterocycles. The van der Waals surface area contributed by atoms with Crippen LogP contribution in [0.3, 0.4) is 0 Å². The van der Waals surface area contributed by atoms with Crippen LogP contribution in [0, 0.1) is 3.57 Å². The van der Waals surface area contributed by atoms with E-state index in [1.807, 2.05) is 36.4 Å². The molecule has 7 heteroatoms. The number of benzene rings is 2. The number of hydrogen-bond acceptors (Lipinski definition) is 4. The molecule has 24 heavy (non-hydrogen) atoms. The molecule has 1 amide bonds. The standard InChI is InChI=1S/C17H17BIN2O3/c19-14-7-3-12(4-8-14)11-1-5-13(6-2-11)18-24-17(23)15(20)9-10-16(21)22/h1-8,15H,9-10,20H2,(H2,21,22). The number of hydrogen-bond donors (Lipinski definition) is 2. The molecule has 2 aromatic carbocycles. The van der Waals surface area contributed by atoms with Crippen LogP contribution < -0.4 is 16.9 Å². The number of amides is 1. The summed E-state index contributed by atoms with van der Waals surface area (Å²) in [6.45, 7) is 0. The fraction of sp³-hybridized carbons (Fsp3) is 0.176. The van der Waals surface area contributed by atoms with E-state index in [2.05, 4.69) is 34.7 Å². The zero-order valence-corrected chi connectivity index (χ0v) is 15.1. The van der Waals surface area contributed by atoms with E-state index in [0.717, 1.165) is 16.6 Å². The van der Waals surface area contributed by atoms with Gasteiger partial charge in [0.15, 0.2) is 0 Å². The van der Waals surface area contributed by atoms with Crippen molar-refractivity contribution in [2.45, 2.75) is 18.9 Å². The first-order chi connectivity index (χ1) is 11.5. The minimum absolute atomic E-state index is 0.0565. The molecule has 5 nitrogen and oxygen atoms in total. The highest BCUT2D eigenvalue weighted by molar-refractivity contribution is 14.1. The lowest BCUT2D eigenvalue weighted by molar-refractivity contribution is -0.135. The van der Waals surface area contributed by atoms with Crippen LogP contribution in [-0.2, 0) is 14.2 Å². The van der Waals surface area contributed by atoms with Crippen LogP contribution in [0.25, 0.3) is 11.1 Å². The zero-order chi connectivity index (χ0) is 17.5. The summed E-state index contributed by atoms with van der Waals surface area (Å²) in [5, 5.41) is 0. The number of carbonyl (C=O) groups excluding carboxylic acids is 2. The van der Waals surface area contributed by atoms with Gasteiger partial charge in [-0.05, 0) is 57.7 Å². The van der Waals surface area contributed by atoms with Crippen LogP contribution in [0.1, 0.15) is 12.8 Å². The largest absolute Gasteiger partial charge is 0.532 e. The van der Waals surface area contributed by atoms with Crippen molar-refractivity contribution in [2.24, 2.45) is 11.5 Å². The van der Waals surface area contributed by atoms with Crippen molar-refractivity contribution >= 4 is 47.4 Å². The molecule has 1 radical (unpaired) electrons. The fourth-order valence-corrected chi connectivity index (χ4v) is 2.39. The lowest BCUT2D eigenvalue weighted by Gasteiger charge is -2.10. The summed E-state index contributed by atoms with van der Waals surface area (Å²) >= 11 is 2.26. The van der Waals surface area contributed by atoms with Crippen molar-refractivity contribution in [3.63, 3.8) is 0 Å². The Kier molecular flexibility index (Phi) is 6.80. The first-order valence-corrected chi connectivity index (χ1v) is 8.47. The van der Waals surface area contributed by atoms with E-state index >= 15 is 0 Å². The zero-order valence-electron chi connectivity index (χ0n) is 12.9. The van der Waals surface area contributed by atoms with Crippen molar-refractivity contribution in [1.82, 2.24) is 0 Å². The number of primary amides is 1. The van der Waals surface area contributed by atoms with Crippen LogP contribution in [0.2, 0.25) is 0 Å². The van der Waals surface area contributed by atoms with E-state index in [1.54, 1.807) is 0 Å². The van der Waals surface area contributed by atoms with Crippen molar-refractivity contribution in [2.75, 3.05) is 0 Å². The Bertz CT molecular complexity index is 705. The third-order valence-electron chi connectivity index (χ3n) is 3.40. The Balaban J connectivity index is 1.88. The molecule has 123 valence electrons. The lowest BCUT2D eigenvalue weighted by atomic mass is 9.86. The monoisotopic (exact) mass is 435 g/mol. The molecule has 4 N–H and O–H groups in total. The van der Waals surface area contributed by atoms with Crippen LogP contribution >= 0.6 is 22.6 Å². The molecule has 2 rings (SSSR count). The molecule has 2 aromatic rings. The number of halogens is 1. The smallest absolute Gasteiger partial charge is 0.412 e. The molecule has 0 aliphatic heterocycles. The molecule has 0 heterocycles. The summed E-state index contributed by atoms with van der Waals surface area (Å²) in [5.74, 6) is -1.08. The first kappa shape index (κ1) is 18.5. The predicted molar refractivity (Wildman–Crippen MR) is 102 cm³/mol. The predicted octanol–water partition coefficient (Wildman–Crippen LogP) is 1.34. The van der Waals surface area contributed by atoms with Gasteiger partial charge in [-0.25, -0.2) is 0 Å².